The molecular formula is C11H12ClFN4O2S. The molecule has 1 aromatic carbocycles. The van der Waals surface area contributed by atoms with Crippen molar-refractivity contribution in [2.24, 2.45) is 0 Å². The van der Waals surface area contributed by atoms with Crippen LogP contribution in [-0.2, 0) is 10.0 Å². The van der Waals surface area contributed by atoms with Crippen molar-refractivity contribution in [3.8, 4) is 0 Å². The van der Waals surface area contributed by atoms with E-state index in [-0.39, 0.29) is 16.5 Å². The average molecular weight is 319 g/mol. The Hall–Kier alpha value is -1.80. The Balaban J connectivity index is 2.49. The second kappa shape index (κ2) is 4.95. The highest BCUT2D eigenvalue weighted by Gasteiger charge is 2.23. The van der Waals surface area contributed by atoms with E-state index < -0.39 is 20.7 Å². The molecule has 0 radical (unpaired) electrons. The van der Waals surface area contributed by atoms with Crippen LogP contribution in [0.2, 0.25) is 5.02 Å². The summed E-state index contributed by atoms with van der Waals surface area (Å²) in [5.74, 6) is -0.952. The fourth-order valence-corrected chi connectivity index (χ4v) is 3.04. The van der Waals surface area contributed by atoms with Crippen LogP contribution in [0.1, 0.15) is 11.3 Å². The Labute approximate surface area is 120 Å². The molecule has 1 aromatic heterocycles. The van der Waals surface area contributed by atoms with E-state index >= 15 is 0 Å². The van der Waals surface area contributed by atoms with Crippen LogP contribution in [0.3, 0.4) is 0 Å². The molecule has 0 aliphatic rings. The monoisotopic (exact) mass is 318 g/mol. The molecule has 108 valence electrons. The molecule has 2 rings (SSSR count). The molecule has 0 amide bonds. The predicted molar refractivity (Wildman–Crippen MR) is 74.7 cm³/mol. The number of aromatic amines is 1. The lowest BCUT2D eigenvalue weighted by Crippen LogP contribution is -2.16. The molecule has 4 N–H and O–H groups in total. The summed E-state index contributed by atoms with van der Waals surface area (Å²) in [7, 11) is -4.17. The van der Waals surface area contributed by atoms with Crippen LogP contribution in [0.25, 0.3) is 0 Å². The van der Waals surface area contributed by atoms with Gasteiger partial charge < -0.3 is 5.73 Å². The van der Waals surface area contributed by atoms with Crippen LogP contribution in [0, 0.1) is 19.7 Å². The Bertz CT molecular complexity index is 773. The van der Waals surface area contributed by atoms with Gasteiger partial charge in [0.25, 0.3) is 10.0 Å². The lowest BCUT2D eigenvalue weighted by Gasteiger charge is -2.09. The first-order valence-electron chi connectivity index (χ1n) is 5.51. The van der Waals surface area contributed by atoms with E-state index in [1.807, 2.05) is 0 Å². The number of anilines is 2. The third-order valence-corrected chi connectivity index (χ3v) is 4.36. The van der Waals surface area contributed by atoms with Gasteiger partial charge >= 0.3 is 0 Å². The lowest BCUT2D eigenvalue weighted by molar-refractivity contribution is 0.572. The lowest BCUT2D eigenvalue weighted by atomic mass is 10.3. The summed E-state index contributed by atoms with van der Waals surface area (Å²) < 4.78 is 40.4. The van der Waals surface area contributed by atoms with Crippen molar-refractivity contribution in [1.29, 1.82) is 0 Å². The second-order valence-corrected chi connectivity index (χ2v) is 6.32. The molecule has 0 aliphatic carbocycles. The number of H-pyrrole nitrogens is 1. The summed E-state index contributed by atoms with van der Waals surface area (Å²) in [6, 6.07) is 2.13. The average Bonchev–Trinajstić information content (AvgIpc) is 2.65. The number of halogens is 2. The Kier molecular flexibility index (Phi) is 3.61. The smallest absolute Gasteiger partial charge is 0.266 e. The number of rotatable bonds is 3. The summed E-state index contributed by atoms with van der Waals surface area (Å²) in [6.07, 6.45) is 0. The van der Waals surface area contributed by atoms with E-state index in [2.05, 4.69) is 14.9 Å². The van der Waals surface area contributed by atoms with E-state index in [0.717, 1.165) is 12.1 Å². The van der Waals surface area contributed by atoms with Crippen LogP contribution >= 0.6 is 11.6 Å². The van der Waals surface area contributed by atoms with Gasteiger partial charge in [-0.1, -0.05) is 11.6 Å². The number of hydrogen-bond donors (Lipinski definition) is 3. The Morgan fingerprint density at radius 1 is 1.40 bits per heavy atom. The van der Waals surface area contributed by atoms with Gasteiger partial charge in [-0.15, -0.1) is 0 Å². The topological polar surface area (TPSA) is 101 Å². The summed E-state index contributed by atoms with van der Waals surface area (Å²) >= 11 is 5.71. The third kappa shape index (κ3) is 2.56. The van der Waals surface area contributed by atoms with Gasteiger partial charge in [0.2, 0.25) is 0 Å². The Morgan fingerprint density at radius 2 is 2.05 bits per heavy atom. The van der Waals surface area contributed by atoms with Gasteiger partial charge in [0, 0.05) is 16.3 Å². The van der Waals surface area contributed by atoms with Gasteiger partial charge in [-0.25, -0.2) is 12.8 Å². The number of nitrogens with zero attached hydrogens (tertiary/aromatic N) is 1. The largest absolute Gasteiger partial charge is 0.396 e. The molecule has 0 atom stereocenters. The maximum Gasteiger partial charge on any atom is 0.266 e. The van der Waals surface area contributed by atoms with Crippen molar-refractivity contribution < 1.29 is 12.8 Å². The standard InChI is InChI=1S/C11H12ClFN4O2S/c1-5-6(2)15-16-11(5)17-20(18,19)9-4-7(12)3-8(14)10(9)13/h3-4H,14H2,1-2H3,(H2,15,16,17). The van der Waals surface area contributed by atoms with Crippen molar-refractivity contribution in [3.05, 3.63) is 34.2 Å². The number of hydrogen-bond acceptors (Lipinski definition) is 4. The van der Waals surface area contributed by atoms with Crippen LogP contribution < -0.4 is 10.5 Å². The first kappa shape index (κ1) is 14.6. The van der Waals surface area contributed by atoms with E-state index in [1.54, 1.807) is 13.8 Å². The normalized spacial score (nSPS) is 11.6. The van der Waals surface area contributed by atoms with Crippen molar-refractivity contribution in [1.82, 2.24) is 10.2 Å². The molecule has 1 heterocycles. The van der Waals surface area contributed by atoms with E-state index in [1.165, 1.54) is 0 Å². The van der Waals surface area contributed by atoms with Gasteiger partial charge in [-0.3, -0.25) is 9.82 Å². The predicted octanol–water partition coefficient (Wildman–Crippen LogP) is 2.20. The summed E-state index contributed by atoms with van der Waals surface area (Å²) in [5, 5.41) is 6.45. The molecule has 6 nitrogen and oxygen atoms in total. The minimum atomic E-state index is -4.17. The first-order chi connectivity index (χ1) is 9.22. The van der Waals surface area contributed by atoms with Gasteiger partial charge in [0.1, 0.15) is 4.90 Å². The van der Waals surface area contributed by atoms with Crippen LogP contribution in [0.4, 0.5) is 15.9 Å². The van der Waals surface area contributed by atoms with E-state index in [0.29, 0.717) is 11.3 Å². The van der Waals surface area contributed by atoms with Gasteiger partial charge in [-0.2, -0.15) is 5.10 Å². The Morgan fingerprint density at radius 3 is 2.60 bits per heavy atom. The minimum absolute atomic E-state index is 0.0270. The second-order valence-electron chi connectivity index (χ2n) is 4.23. The number of nitrogen functional groups attached to an aromatic ring is 1. The van der Waals surface area contributed by atoms with Crippen LogP contribution in [-0.4, -0.2) is 18.6 Å². The van der Waals surface area contributed by atoms with Crippen LogP contribution in [0.5, 0.6) is 0 Å². The molecule has 0 saturated carbocycles. The van der Waals surface area contributed by atoms with Gasteiger partial charge in [0.15, 0.2) is 11.6 Å². The molecule has 0 spiro atoms. The molecule has 20 heavy (non-hydrogen) atoms. The van der Waals surface area contributed by atoms with Crippen molar-refractivity contribution in [2.75, 3.05) is 10.5 Å². The highest BCUT2D eigenvalue weighted by atomic mass is 35.5. The fourth-order valence-electron chi connectivity index (χ4n) is 1.55. The van der Waals surface area contributed by atoms with Crippen LogP contribution in [0.15, 0.2) is 17.0 Å². The highest BCUT2D eigenvalue weighted by Crippen LogP contribution is 2.27. The van der Waals surface area contributed by atoms with E-state index in [4.69, 9.17) is 17.3 Å². The molecule has 2 aromatic rings. The quantitative estimate of drug-likeness (QED) is 0.755. The molecule has 9 heteroatoms. The summed E-state index contributed by atoms with van der Waals surface area (Å²) in [5.41, 5.74) is 6.35. The zero-order chi connectivity index (χ0) is 15.1. The SMILES string of the molecule is Cc1[nH]nc(NS(=O)(=O)c2cc(Cl)cc(N)c2F)c1C. The number of benzene rings is 1. The zero-order valence-corrected chi connectivity index (χ0v) is 12.2. The number of sulfonamides is 1. The maximum atomic E-state index is 13.9. The van der Waals surface area contributed by atoms with Crippen molar-refractivity contribution in [3.63, 3.8) is 0 Å². The van der Waals surface area contributed by atoms with E-state index in [9.17, 15) is 12.8 Å². The third-order valence-electron chi connectivity index (χ3n) is 2.81. The molecule has 0 saturated heterocycles. The molecule has 0 aliphatic heterocycles. The molecular weight excluding hydrogens is 307 g/mol. The minimum Gasteiger partial charge on any atom is -0.396 e. The fraction of sp³-hybridized carbons (Fsp3) is 0.182. The number of nitrogens with one attached hydrogen (secondary N) is 2. The molecule has 0 bridgehead atoms. The number of aromatic nitrogens is 2. The zero-order valence-electron chi connectivity index (χ0n) is 10.7. The summed E-state index contributed by atoms with van der Waals surface area (Å²) in [4.78, 5) is -0.623. The summed E-state index contributed by atoms with van der Waals surface area (Å²) in [6.45, 7) is 3.41. The van der Waals surface area contributed by atoms with Crippen molar-refractivity contribution >= 4 is 33.1 Å². The molecule has 0 fully saturated rings. The molecule has 0 unspecified atom stereocenters. The highest BCUT2D eigenvalue weighted by molar-refractivity contribution is 7.92. The van der Waals surface area contributed by atoms with Gasteiger partial charge in [0.05, 0.1) is 5.69 Å². The first-order valence-corrected chi connectivity index (χ1v) is 7.37. The van der Waals surface area contributed by atoms with Gasteiger partial charge in [-0.05, 0) is 26.0 Å². The maximum absolute atomic E-state index is 13.9. The van der Waals surface area contributed by atoms with Crippen molar-refractivity contribution in [2.45, 2.75) is 18.7 Å². The number of nitrogens with two attached hydrogens (primary N) is 1. The number of aryl methyl sites for hydroxylation is 1.